The summed E-state index contributed by atoms with van der Waals surface area (Å²) in [6.07, 6.45) is 6.00. The number of halogens is 1. The molecule has 2 heteroatoms. The minimum atomic E-state index is 0. The molecule has 0 heterocycles. The maximum Gasteiger partial charge on any atom is -0.0533 e. The van der Waals surface area contributed by atoms with Crippen molar-refractivity contribution >= 4 is 30.5 Å². The average Bonchev–Trinajstić information content (AvgIpc) is 0.722. The molecule has 40 valence electrons. The van der Waals surface area contributed by atoms with Crippen LogP contribution in [-0.4, -0.2) is 0 Å². The zero-order chi connectivity index (χ0) is 2.83. The quantitative estimate of drug-likeness (QED) is 0.524. The lowest BCUT2D eigenvalue weighted by molar-refractivity contribution is 0.504. The van der Waals surface area contributed by atoms with Gasteiger partial charge < -0.3 is 0 Å². The average molecular weight is 171 g/mol. The highest BCUT2D eigenvalue weighted by atomic mass is 79.9. The molecule has 1 aliphatic rings. The number of rotatable bonds is 0. The molecular formula is C4H11BrS. The van der Waals surface area contributed by atoms with E-state index in [-0.39, 0.29) is 30.5 Å². The lowest BCUT2D eigenvalue weighted by atomic mass is 10.0. The summed E-state index contributed by atoms with van der Waals surface area (Å²) in [7, 11) is 0. The van der Waals surface area contributed by atoms with Gasteiger partial charge in [-0.25, -0.2) is 0 Å². The van der Waals surface area contributed by atoms with E-state index in [1.165, 1.54) is 25.7 Å². The van der Waals surface area contributed by atoms with Crippen LogP contribution >= 0.6 is 30.5 Å². The molecule has 1 aliphatic carbocycles. The Labute approximate surface area is 56.5 Å². The van der Waals surface area contributed by atoms with E-state index >= 15 is 0 Å². The van der Waals surface area contributed by atoms with E-state index in [9.17, 15) is 0 Å². The summed E-state index contributed by atoms with van der Waals surface area (Å²) < 4.78 is 0. The van der Waals surface area contributed by atoms with Gasteiger partial charge in [0.25, 0.3) is 0 Å². The predicted octanol–water partition coefficient (Wildman–Crippen LogP) is 2.25. The topological polar surface area (TPSA) is 0 Å². The molecule has 0 amide bonds. The van der Waals surface area contributed by atoms with Crippen LogP contribution in [-0.2, 0) is 0 Å². The number of hydrogen-bond acceptors (Lipinski definition) is 0. The molecule has 1 rings (SSSR count). The predicted molar refractivity (Wildman–Crippen MR) is 39.2 cm³/mol. The molecule has 6 heavy (non-hydrogen) atoms. The Morgan fingerprint density at radius 1 is 0.667 bits per heavy atom. The van der Waals surface area contributed by atoms with Crippen molar-refractivity contribution in [3.63, 3.8) is 0 Å². The first kappa shape index (κ1) is 9.95. The van der Waals surface area contributed by atoms with Crippen LogP contribution in [0.15, 0.2) is 0 Å². The second-order valence-corrected chi connectivity index (χ2v) is 1.41. The van der Waals surface area contributed by atoms with Gasteiger partial charge in [-0.05, 0) is 0 Å². The maximum atomic E-state index is 1.50. The Balaban J connectivity index is 0. The van der Waals surface area contributed by atoms with E-state index in [0.717, 1.165) is 0 Å². The van der Waals surface area contributed by atoms with E-state index in [2.05, 4.69) is 0 Å². The van der Waals surface area contributed by atoms with Crippen molar-refractivity contribution in [1.82, 2.24) is 0 Å². The first-order valence-corrected chi connectivity index (χ1v) is 2.00. The second kappa shape index (κ2) is 5.83. The lowest BCUT2D eigenvalue weighted by Crippen LogP contribution is -1.85. The van der Waals surface area contributed by atoms with Crippen molar-refractivity contribution in [3.05, 3.63) is 0 Å². The van der Waals surface area contributed by atoms with Gasteiger partial charge in [-0.2, -0.15) is 13.5 Å². The monoisotopic (exact) mass is 170 g/mol. The smallest absolute Gasteiger partial charge is 0.0533 e. The molecule has 0 spiro atoms. The molecular weight excluding hydrogens is 160 g/mol. The van der Waals surface area contributed by atoms with E-state index in [4.69, 9.17) is 0 Å². The zero-order valence-electron chi connectivity index (χ0n) is 3.74. The number of hydrogen-bond donors (Lipinski definition) is 0. The molecule has 0 aliphatic heterocycles. The van der Waals surface area contributed by atoms with Crippen molar-refractivity contribution in [2.45, 2.75) is 25.7 Å². The molecule has 0 aromatic carbocycles. The van der Waals surface area contributed by atoms with Crippen molar-refractivity contribution < 1.29 is 0 Å². The Hall–Kier alpha value is 0.830. The summed E-state index contributed by atoms with van der Waals surface area (Å²) >= 11 is 0. The first-order chi connectivity index (χ1) is 2.00. The standard InChI is InChI=1S/C4H8.BrH.H2S/c1-2-4-3-1;;/h1-4H2;1H;1H2. The summed E-state index contributed by atoms with van der Waals surface area (Å²) in [5, 5.41) is 0. The van der Waals surface area contributed by atoms with E-state index < -0.39 is 0 Å². The highest BCUT2D eigenvalue weighted by Crippen LogP contribution is 2.15. The fraction of sp³-hybridized carbons (Fsp3) is 1.00. The van der Waals surface area contributed by atoms with Crippen LogP contribution in [0.25, 0.3) is 0 Å². The van der Waals surface area contributed by atoms with Crippen molar-refractivity contribution in [3.8, 4) is 0 Å². The second-order valence-electron chi connectivity index (χ2n) is 1.41. The van der Waals surface area contributed by atoms with Gasteiger partial charge in [-0.15, -0.1) is 17.0 Å². The highest BCUT2D eigenvalue weighted by molar-refractivity contribution is 8.93. The van der Waals surface area contributed by atoms with Crippen molar-refractivity contribution in [1.29, 1.82) is 0 Å². The van der Waals surface area contributed by atoms with E-state index in [1.807, 2.05) is 0 Å². The van der Waals surface area contributed by atoms with Crippen molar-refractivity contribution in [2.75, 3.05) is 0 Å². The first-order valence-electron chi connectivity index (χ1n) is 2.00. The Bertz CT molecular complexity index is 15.5. The van der Waals surface area contributed by atoms with Gasteiger partial charge in [0.05, 0.1) is 0 Å². The third kappa shape index (κ3) is 3.04. The van der Waals surface area contributed by atoms with Crippen LogP contribution in [0.5, 0.6) is 0 Å². The minimum absolute atomic E-state index is 0. The molecule has 0 aromatic rings. The molecule has 0 atom stereocenters. The Morgan fingerprint density at radius 2 is 0.833 bits per heavy atom. The summed E-state index contributed by atoms with van der Waals surface area (Å²) in [4.78, 5) is 0. The van der Waals surface area contributed by atoms with Gasteiger partial charge in [-0.1, -0.05) is 25.7 Å². The molecule has 0 nitrogen and oxygen atoms in total. The summed E-state index contributed by atoms with van der Waals surface area (Å²) in [5.41, 5.74) is 0. The third-order valence-corrected chi connectivity index (χ3v) is 1.000. The molecule has 0 unspecified atom stereocenters. The van der Waals surface area contributed by atoms with Crippen LogP contribution in [0.1, 0.15) is 25.7 Å². The van der Waals surface area contributed by atoms with Gasteiger partial charge in [0, 0.05) is 0 Å². The molecule has 0 saturated heterocycles. The van der Waals surface area contributed by atoms with E-state index in [1.54, 1.807) is 0 Å². The molecule has 0 N–H and O–H groups in total. The highest BCUT2D eigenvalue weighted by Gasteiger charge is 1.95. The normalized spacial score (nSPS) is 16.0. The molecule has 0 radical (unpaired) electrons. The van der Waals surface area contributed by atoms with Gasteiger partial charge in [0.1, 0.15) is 0 Å². The molecule has 1 fully saturated rings. The molecule has 1 saturated carbocycles. The van der Waals surface area contributed by atoms with E-state index in [0.29, 0.717) is 0 Å². The lowest BCUT2D eigenvalue weighted by Gasteiger charge is -2.05. The van der Waals surface area contributed by atoms with Crippen LogP contribution in [0.2, 0.25) is 0 Å². The summed E-state index contributed by atoms with van der Waals surface area (Å²) in [6, 6.07) is 0. The third-order valence-electron chi connectivity index (χ3n) is 1.000. The molecule has 0 aromatic heterocycles. The summed E-state index contributed by atoms with van der Waals surface area (Å²) in [6.45, 7) is 0. The Morgan fingerprint density at radius 3 is 0.833 bits per heavy atom. The van der Waals surface area contributed by atoms with Crippen LogP contribution in [0.3, 0.4) is 0 Å². The SMILES string of the molecule is Br.C1CCC1.S. The van der Waals surface area contributed by atoms with Gasteiger partial charge >= 0.3 is 0 Å². The molecule has 0 bridgehead atoms. The van der Waals surface area contributed by atoms with Gasteiger partial charge in [0.15, 0.2) is 0 Å². The van der Waals surface area contributed by atoms with Crippen LogP contribution in [0.4, 0.5) is 0 Å². The summed E-state index contributed by atoms with van der Waals surface area (Å²) in [5.74, 6) is 0. The van der Waals surface area contributed by atoms with Gasteiger partial charge in [0.2, 0.25) is 0 Å². The van der Waals surface area contributed by atoms with Crippen molar-refractivity contribution in [2.24, 2.45) is 0 Å². The van der Waals surface area contributed by atoms with Crippen LogP contribution in [0, 0.1) is 0 Å². The fourth-order valence-electron chi connectivity index (χ4n) is 0.250. The van der Waals surface area contributed by atoms with Gasteiger partial charge in [-0.3, -0.25) is 0 Å². The largest absolute Gasteiger partial charge is 0.197 e. The maximum absolute atomic E-state index is 1.50. The zero-order valence-corrected chi connectivity index (χ0v) is 6.45. The Kier molecular flexibility index (Phi) is 9.67. The fourth-order valence-corrected chi connectivity index (χ4v) is 0.250. The van der Waals surface area contributed by atoms with Crippen LogP contribution < -0.4 is 0 Å². The minimum Gasteiger partial charge on any atom is -0.197 e.